The van der Waals surface area contributed by atoms with Crippen LogP contribution in [0.3, 0.4) is 0 Å². The first-order chi connectivity index (χ1) is 11.4. The standard InChI is InChI=1S/C20H24O4/c1-12-11-24-18(16(12)19(21)23-5)14-8-9-15-13(17(14)22-4)7-6-10-20(15,2)3/h8-9,11H,6-7,10H2,1-5H3. The van der Waals surface area contributed by atoms with Crippen LogP contribution in [0.4, 0.5) is 0 Å². The van der Waals surface area contributed by atoms with Crippen LogP contribution in [0.15, 0.2) is 22.8 Å². The summed E-state index contributed by atoms with van der Waals surface area (Å²) in [5, 5.41) is 0. The minimum Gasteiger partial charge on any atom is -0.496 e. The number of ether oxygens (including phenoxy) is 2. The van der Waals surface area contributed by atoms with Crippen molar-refractivity contribution in [1.82, 2.24) is 0 Å². The summed E-state index contributed by atoms with van der Waals surface area (Å²) in [6.07, 6.45) is 4.85. The zero-order valence-corrected chi connectivity index (χ0v) is 15.0. The Hall–Kier alpha value is -2.23. The maximum absolute atomic E-state index is 12.2. The second-order valence-corrected chi connectivity index (χ2v) is 7.02. The second kappa shape index (κ2) is 6.00. The quantitative estimate of drug-likeness (QED) is 0.769. The third-order valence-electron chi connectivity index (χ3n) is 5.03. The predicted molar refractivity (Wildman–Crippen MR) is 92.7 cm³/mol. The number of hydrogen-bond acceptors (Lipinski definition) is 4. The molecular weight excluding hydrogens is 304 g/mol. The number of esters is 1. The van der Waals surface area contributed by atoms with Crippen LogP contribution in [0.2, 0.25) is 0 Å². The summed E-state index contributed by atoms with van der Waals surface area (Å²) in [6, 6.07) is 4.14. The molecule has 0 N–H and O–H groups in total. The lowest BCUT2D eigenvalue weighted by Gasteiger charge is -2.34. The van der Waals surface area contributed by atoms with E-state index in [1.165, 1.54) is 18.2 Å². The van der Waals surface area contributed by atoms with Gasteiger partial charge in [0.15, 0.2) is 5.76 Å². The van der Waals surface area contributed by atoms with Crippen LogP contribution >= 0.6 is 0 Å². The molecule has 0 radical (unpaired) electrons. The lowest BCUT2D eigenvalue weighted by Crippen LogP contribution is -2.24. The van der Waals surface area contributed by atoms with Crippen molar-refractivity contribution < 1.29 is 18.7 Å². The van der Waals surface area contributed by atoms with Gasteiger partial charge in [0.2, 0.25) is 0 Å². The monoisotopic (exact) mass is 328 g/mol. The predicted octanol–water partition coefficient (Wildman–Crippen LogP) is 4.66. The first-order valence-electron chi connectivity index (χ1n) is 8.28. The van der Waals surface area contributed by atoms with Crippen LogP contribution in [-0.4, -0.2) is 20.2 Å². The van der Waals surface area contributed by atoms with E-state index in [1.807, 2.05) is 13.0 Å². The molecule has 1 aliphatic rings. The van der Waals surface area contributed by atoms with Crippen LogP contribution < -0.4 is 4.74 Å². The molecule has 1 heterocycles. The Morgan fingerprint density at radius 1 is 1.25 bits per heavy atom. The number of carbonyl (C=O) groups excluding carboxylic acids is 1. The van der Waals surface area contributed by atoms with Gasteiger partial charge < -0.3 is 13.9 Å². The first kappa shape index (κ1) is 16.6. The van der Waals surface area contributed by atoms with Crippen LogP contribution in [0, 0.1) is 6.92 Å². The molecule has 1 aliphatic carbocycles. The molecule has 0 fully saturated rings. The van der Waals surface area contributed by atoms with Gasteiger partial charge in [-0.25, -0.2) is 4.79 Å². The minimum absolute atomic E-state index is 0.129. The highest BCUT2D eigenvalue weighted by Gasteiger charge is 2.32. The van der Waals surface area contributed by atoms with E-state index >= 15 is 0 Å². The van der Waals surface area contributed by atoms with Crippen molar-refractivity contribution in [3.63, 3.8) is 0 Å². The van der Waals surface area contributed by atoms with Gasteiger partial charge >= 0.3 is 5.97 Å². The molecule has 0 unspecified atom stereocenters. The van der Waals surface area contributed by atoms with Crippen LogP contribution in [0.5, 0.6) is 5.75 Å². The number of fused-ring (bicyclic) bond motifs is 1. The van der Waals surface area contributed by atoms with Crippen molar-refractivity contribution >= 4 is 5.97 Å². The van der Waals surface area contributed by atoms with E-state index in [0.29, 0.717) is 11.3 Å². The van der Waals surface area contributed by atoms with Crippen molar-refractivity contribution in [1.29, 1.82) is 0 Å². The highest BCUT2D eigenvalue weighted by atomic mass is 16.5. The summed E-state index contributed by atoms with van der Waals surface area (Å²) in [6.45, 7) is 6.37. The van der Waals surface area contributed by atoms with E-state index in [1.54, 1.807) is 13.4 Å². The smallest absolute Gasteiger partial charge is 0.342 e. The van der Waals surface area contributed by atoms with E-state index in [4.69, 9.17) is 13.9 Å². The molecule has 0 aliphatic heterocycles. The van der Waals surface area contributed by atoms with Gasteiger partial charge in [-0.05, 0) is 48.8 Å². The molecule has 4 nitrogen and oxygen atoms in total. The molecule has 0 spiro atoms. The summed E-state index contributed by atoms with van der Waals surface area (Å²) < 4.78 is 16.4. The van der Waals surface area contributed by atoms with Gasteiger partial charge in [-0.2, -0.15) is 0 Å². The SMILES string of the molecule is COC(=O)c1c(C)coc1-c1ccc2c(c1OC)CCCC2(C)C. The van der Waals surface area contributed by atoms with Crippen molar-refractivity contribution in [2.24, 2.45) is 0 Å². The summed E-state index contributed by atoms with van der Waals surface area (Å²) >= 11 is 0. The zero-order valence-electron chi connectivity index (χ0n) is 15.0. The molecule has 1 aromatic heterocycles. The van der Waals surface area contributed by atoms with Crippen LogP contribution in [0.25, 0.3) is 11.3 Å². The Bertz CT molecular complexity index is 783. The fourth-order valence-corrected chi connectivity index (χ4v) is 3.76. The van der Waals surface area contributed by atoms with Gasteiger partial charge in [0.05, 0.1) is 26.0 Å². The van der Waals surface area contributed by atoms with Crippen LogP contribution in [-0.2, 0) is 16.6 Å². The molecule has 3 rings (SSSR count). The summed E-state index contributed by atoms with van der Waals surface area (Å²) in [4.78, 5) is 12.2. The Kier molecular flexibility index (Phi) is 4.16. The third kappa shape index (κ3) is 2.50. The number of benzene rings is 1. The molecule has 2 aromatic rings. The molecule has 1 aromatic carbocycles. The highest BCUT2D eigenvalue weighted by Crippen LogP contribution is 2.45. The Morgan fingerprint density at radius 3 is 2.67 bits per heavy atom. The summed E-state index contributed by atoms with van der Waals surface area (Å²) in [7, 11) is 3.06. The highest BCUT2D eigenvalue weighted by molar-refractivity contribution is 5.98. The van der Waals surface area contributed by atoms with Crippen LogP contribution in [0.1, 0.15) is 53.7 Å². The molecule has 0 saturated heterocycles. The third-order valence-corrected chi connectivity index (χ3v) is 5.03. The van der Waals surface area contributed by atoms with Gasteiger partial charge in [-0.1, -0.05) is 19.9 Å². The van der Waals surface area contributed by atoms with Gasteiger partial charge in [0, 0.05) is 5.56 Å². The zero-order chi connectivity index (χ0) is 17.5. The molecule has 0 atom stereocenters. The van der Waals surface area contributed by atoms with Gasteiger partial charge in [0.1, 0.15) is 11.3 Å². The van der Waals surface area contributed by atoms with Crippen molar-refractivity contribution in [2.75, 3.05) is 14.2 Å². The molecule has 128 valence electrons. The Balaban J connectivity index is 2.23. The number of rotatable bonds is 3. The average molecular weight is 328 g/mol. The fraction of sp³-hybridized carbons (Fsp3) is 0.450. The van der Waals surface area contributed by atoms with E-state index < -0.39 is 5.97 Å². The van der Waals surface area contributed by atoms with Gasteiger partial charge in [-0.3, -0.25) is 0 Å². The minimum atomic E-state index is -0.392. The number of aryl methyl sites for hydroxylation is 1. The van der Waals surface area contributed by atoms with E-state index in [9.17, 15) is 4.79 Å². The average Bonchev–Trinajstić information content (AvgIpc) is 2.94. The summed E-state index contributed by atoms with van der Waals surface area (Å²) in [5.41, 5.74) is 4.70. The van der Waals surface area contributed by atoms with E-state index in [-0.39, 0.29) is 5.41 Å². The molecule has 0 bridgehead atoms. The number of hydrogen-bond donors (Lipinski definition) is 0. The lowest BCUT2D eigenvalue weighted by molar-refractivity contribution is 0.0600. The first-order valence-corrected chi connectivity index (χ1v) is 8.28. The van der Waals surface area contributed by atoms with Crippen molar-refractivity contribution in [2.45, 2.75) is 45.4 Å². The maximum atomic E-state index is 12.2. The summed E-state index contributed by atoms with van der Waals surface area (Å²) in [5.74, 6) is 0.929. The number of furan rings is 1. The van der Waals surface area contributed by atoms with Gasteiger partial charge in [0.25, 0.3) is 0 Å². The fourth-order valence-electron chi connectivity index (χ4n) is 3.76. The normalized spacial score (nSPS) is 15.7. The molecule has 4 heteroatoms. The Labute approximate surface area is 142 Å². The largest absolute Gasteiger partial charge is 0.496 e. The number of methoxy groups -OCH3 is 2. The topological polar surface area (TPSA) is 48.7 Å². The maximum Gasteiger partial charge on any atom is 0.342 e. The van der Waals surface area contributed by atoms with E-state index in [2.05, 4.69) is 19.9 Å². The van der Waals surface area contributed by atoms with Crippen molar-refractivity contribution in [3.05, 3.63) is 40.6 Å². The molecule has 0 saturated carbocycles. The molecular formula is C20H24O4. The Morgan fingerprint density at radius 2 is 2.00 bits per heavy atom. The van der Waals surface area contributed by atoms with E-state index in [0.717, 1.165) is 36.1 Å². The lowest BCUT2D eigenvalue weighted by atomic mass is 9.72. The van der Waals surface area contributed by atoms with Crippen molar-refractivity contribution in [3.8, 4) is 17.1 Å². The van der Waals surface area contributed by atoms with Gasteiger partial charge in [-0.15, -0.1) is 0 Å². The number of carbonyl (C=O) groups is 1. The molecule has 0 amide bonds. The molecule has 24 heavy (non-hydrogen) atoms. The second-order valence-electron chi connectivity index (χ2n) is 7.02.